The number of fused-ring (bicyclic) bond motifs is 5. The molecule has 1 aromatic carbocycles. The highest BCUT2D eigenvalue weighted by Crippen LogP contribution is 2.48. The lowest BCUT2D eigenvalue weighted by molar-refractivity contribution is -0.145. The number of benzene rings is 1. The molecule has 0 saturated carbocycles. The van der Waals surface area contributed by atoms with Crippen molar-refractivity contribution in [3.8, 4) is 17.2 Å². The second-order valence-corrected chi connectivity index (χ2v) is 20.7. The number of rotatable bonds is 37. The number of aliphatic hydroxyl groups excluding tert-OH is 1. The van der Waals surface area contributed by atoms with Gasteiger partial charge in [-0.15, -0.1) is 0 Å². The lowest BCUT2D eigenvalue weighted by Gasteiger charge is -2.19. The molecule has 1 saturated heterocycles. The molecule has 1 fully saturated rings. The normalized spacial score (nSPS) is 18.6. The smallest absolute Gasteiger partial charge is 0.306 e. The van der Waals surface area contributed by atoms with Gasteiger partial charge in [0.1, 0.15) is 32.2 Å². The Balaban J connectivity index is 1.11. The largest absolute Gasteiger partial charge is 0.511 e. The van der Waals surface area contributed by atoms with Gasteiger partial charge in [-0.2, -0.15) is 0 Å². The fraction of sp³-hybridized carbons (Fsp3) is 0.574. The second-order valence-electron chi connectivity index (χ2n) is 19.9. The van der Waals surface area contributed by atoms with E-state index in [0.717, 1.165) is 102 Å². The van der Waals surface area contributed by atoms with Crippen LogP contribution in [0.5, 0.6) is 17.2 Å². The molecule has 5 heterocycles. The quantitative estimate of drug-likeness (QED) is 0.0470. The van der Waals surface area contributed by atoms with Crippen molar-refractivity contribution >= 4 is 39.0 Å². The van der Waals surface area contributed by atoms with E-state index in [1.54, 1.807) is 33.5 Å². The number of hydrogen-bond donors (Lipinski definition) is 2. The summed E-state index contributed by atoms with van der Waals surface area (Å²) < 4.78 is 75.1. The van der Waals surface area contributed by atoms with Crippen molar-refractivity contribution in [3.05, 3.63) is 108 Å². The van der Waals surface area contributed by atoms with Crippen LogP contribution in [0.1, 0.15) is 79.2 Å². The molecule has 1 aromatic rings. The molecule has 0 amide bonds. The van der Waals surface area contributed by atoms with Gasteiger partial charge in [0.15, 0.2) is 11.5 Å². The van der Waals surface area contributed by atoms with Crippen LogP contribution in [-0.2, 0) is 58.8 Å². The molecular formula is C61H83BrN4O15. The Morgan fingerprint density at radius 3 is 1.68 bits per heavy atom. The molecule has 8 bridgehead atoms. The minimum absolute atomic E-state index is 0.0755. The summed E-state index contributed by atoms with van der Waals surface area (Å²) in [5, 5.41) is 15.5. The number of nitrogens with zero attached hydrogens (tertiary/aromatic N) is 3. The first-order valence-corrected chi connectivity index (χ1v) is 29.0. The minimum atomic E-state index is -0.386. The first-order valence-electron chi connectivity index (χ1n) is 28.2. The number of esters is 1. The summed E-state index contributed by atoms with van der Waals surface area (Å²) in [6.07, 6.45) is 6.62. The van der Waals surface area contributed by atoms with Crippen molar-refractivity contribution in [2.75, 3.05) is 140 Å². The third-order valence-corrected chi connectivity index (χ3v) is 15.4. The number of hydrogen-bond acceptors (Lipinski definition) is 19. The highest BCUT2D eigenvalue weighted by molar-refractivity contribution is 9.12. The number of carbonyl (C=O) groups is 1. The Kier molecular flexibility index (Phi) is 25.4. The van der Waals surface area contributed by atoms with Crippen LogP contribution in [-0.4, -0.2) is 168 Å². The van der Waals surface area contributed by atoms with E-state index in [9.17, 15) is 9.90 Å². The highest BCUT2D eigenvalue weighted by atomic mass is 79.9. The molecule has 19 nitrogen and oxygen atoms in total. The molecule has 20 heteroatoms. The van der Waals surface area contributed by atoms with Crippen molar-refractivity contribution in [3.63, 3.8) is 0 Å². The fourth-order valence-electron chi connectivity index (χ4n) is 10.3. The number of methoxy groups -OCH3 is 3. The van der Waals surface area contributed by atoms with Crippen molar-refractivity contribution in [1.29, 1.82) is 0 Å². The number of ether oxygens (including phenoxy) is 13. The molecule has 2 N–H and O–H groups in total. The first kappa shape index (κ1) is 63.3. The zero-order chi connectivity index (χ0) is 57.7. The van der Waals surface area contributed by atoms with Gasteiger partial charge in [-0.1, -0.05) is 20.8 Å². The number of nitrogens with one attached hydrogen (secondary N) is 1. The molecule has 0 spiro atoms. The summed E-state index contributed by atoms with van der Waals surface area (Å²) in [4.78, 5) is 29.8. The molecule has 2 atom stereocenters. The molecule has 444 valence electrons. The topological polar surface area (TPSA) is 206 Å². The zero-order valence-electron chi connectivity index (χ0n) is 48.8. The average Bonchev–Trinajstić information content (AvgIpc) is 3.51. The maximum atomic E-state index is 14.1. The molecule has 0 unspecified atom stereocenters. The van der Waals surface area contributed by atoms with Crippen LogP contribution in [0.15, 0.2) is 117 Å². The second kappa shape index (κ2) is 32.5. The SMILES string of the molecule is CCC1=C(C)C2=NC1=CC1=C(C)C3=C(O)CC(=C4NC(=C(Br)C5=NC(=C2)C(CC)=C5C)[C@@H](C)[C@@H]4CCC(=O)OCc2cc(OCCOCCOCCOC)c(OCCOCCOCCOC)c(OCCOCCOCCOC)c2)C3=N1. The minimum Gasteiger partial charge on any atom is -0.511 e. The average molecular weight is 1190 g/mol. The van der Waals surface area contributed by atoms with Crippen LogP contribution >= 0.6 is 15.9 Å². The first-order chi connectivity index (χ1) is 39.4. The van der Waals surface area contributed by atoms with Gasteiger partial charge in [0, 0.05) is 68.5 Å². The van der Waals surface area contributed by atoms with Crippen LogP contribution in [0.3, 0.4) is 0 Å². The Labute approximate surface area is 485 Å². The number of halogens is 1. The molecule has 0 radical (unpaired) electrons. The van der Waals surface area contributed by atoms with E-state index in [1.165, 1.54) is 0 Å². The predicted octanol–water partition coefficient (Wildman–Crippen LogP) is 9.49. The van der Waals surface area contributed by atoms with E-state index in [-0.39, 0.29) is 76.2 Å². The Bertz CT molecular complexity index is 2700. The highest BCUT2D eigenvalue weighted by Gasteiger charge is 2.42. The van der Waals surface area contributed by atoms with E-state index < -0.39 is 0 Å². The van der Waals surface area contributed by atoms with E-state index in [2.05, 4.69) is 68.0 Å². The Hall–Kier alpha value is -5.26. The molecule has 6 aliphatic rings. The summed E-state index contributed by atoms with van der Waals surface area (Å²) in [5.74, 6) is 0.720. The number of allylic oxidation sites excluding steroid dienone is 12. The van der Waals surface area contributed by atoms with Crippen LogP contribution in [0.4, 0.5) is 0 Å². The maximum Gasteiger partial charge on any atom is 0.306 e. The number of aliphatic hydroxyl groups is 1. The van der Waals surface area contributed by atoms with Gasteiger partial charge in [-0.05, 0) is 114 Å². The Morgan fingerprint density at radius 1 is 0.630 bits per heavy atom. The van der Waals surface area contributed by atoms with E-state index in [1.807, 2.05) is 6.92 Å². The van der Waals surface area contributed by atoms with Crippen LogP contribution in [0.25, 0.3) is 0 Å². The van der Waals surface area contributed by atoms with Gasteiger partial charge in [-0.25, -0.2) is 15.0 Å². The molecule has 0 aromatic heterocycles. The summed E-state index contributed by atoms with van der Waals surface area (Å²) in [6.45, 7) is 19.3. The lowest BCUT2D eigenvalue weighted by atomic mass is 9.86. The van der Waals surface area contributed by atoms with E-state index >= 15 is 0 Å². The standard InChI is InChI=1S/C61H83BrN4O15/c1-10-43-38(3)47-35-50-44(11-2)39(4)57(65-50)56(62)58-40(5)45(59(66-58)46-34-51(67)55-41(6)48(64-60(46)55)36-49(43)63-47)12-13-54(68)81-37-42-32-52(78-29-26-75-23-20-72-17-14-69-7)61(80-31-28-77-25-22-74-19-16-71-9)53(33-42)79-30-27-76-24-21-73-18-15-70-8/h32-33,35-36,40,45,66-67H,10-31,34,37H2,1-9H3/t40-,45-/m0/s1. The van der Waals surface area contributed by atoms with Crippen LogP contribution in [0.2, 0.25) is 0 Å². The third kappa shape index (κ3) is 16.7. The molecule has 81 heavy (non-hydrogen) atoms. The molecule has 1 aliphatic carbocycles. The van der Waals surface area contributed by atoms with Crippen molar-refractivity contribution in [2.24, 2.45) is 26.8 Å². The van der Waals surface area contributed by atoms with Crippen LogP contribution < -0.4 is 19.5 Å². The van der Waals surface area contributed by atoms with Gasteiger partial charge in [0.2, 0.25) is 5.75 Å². The van der Waals surface area contributed by atoms with Gasteiger partial charge < -0.3 is 72.0 Å². The van der Waals surface area contributed by atoms with Crippen molar-refractivity contribution < 1.29 is 71.5 Å². The summed E-state index contributed by atoms with van der Waals surface area (Å²) in [7, 11) is 4.88. The number of carbonyl (C=O) groups excluding carboxylic acids is 1. The van der Waals surface area contributed by atoms with Gasteiger partial charge in [-0.3, -0.25) is 4.79 Å². The monoisotopic (exact) mass is 1190 g/mol. The van der Waals surface area contributed by atoms with Gasteiger partial charge in [0.05, 0.1) is 138 Å². The van der Waals surface area contributed by atoms with Gasteiger partial charge in [0.25, 0.3) is 0 Å². The van der Waals surface area contributed by atoms with Crippen molar-refractivity contribution in [1.82, 2.24) is 5.32 Å². The zero-order valence-corrected chi connectivity index (χ0v) is 50.4. The van der Waals surface area contributed by atoms with Crippen molar-refractivity contribution in [2.45, 2.75) is 80.3 Å². The Morgan fingerprint density at radius 2 is 1.14 bits per heavy atom. The molecule has 7 rings (SSSR count). The maximum absolute atomic E-state index is 14.1. The summed E-state index contributed by atoms with van der Waals surface area (Å²) in [5.41, 5.74) is 14.6. The van der Waals surface area contributed by atoms with Crippen LogP contribution in [0, 0.1) is 11.8 Å². The third-order valence-electron chi connectivity index (χ3n) is 14.6. The van der Waals surface area contributed by atoms with Gasteiger partial charge >= 0.3 is 5.97 Å². The summed E-state index contributed by atoms with van der Waals surface area (Å²) >= 11 is 4.04. The summed E-state index contributed by atoms with van der Waals surface area (Å²) in [6, 6.07) is 3.57. The molecular weight excluding hydrogens is 1110 g/mol. The molecule has 5 aliphatic heterocycles. The lowest BCUT2D eigenvalue weighted by Crippen LogP contribution is -2.16. The number of aliphatic imine (C=N–C) groups is 3. The predicted molar refractivity (Wildman–Crippen MR) is 313 cm³/mol. The van der Waals surface area contributed by atoms with E-state index in [0.29, 0.717) is 115 Å². The fourth-order valence-corrected chi connectivity index (χ4v) is 11.1. The van der Waals surface area contributed by atoms with E-state index in [4.69, 9.17) is 76.6 Å².